The van der Waals surface area contributed by atoms with E-state index in [2.05, 4.69) is 16.0 Å². The molecule has 6 rings (SSSR count). The molecule has 2 aliphatic carbocycles. The highest BCUT2D eigenvalue weighted by Crippen LogP contribution is 2.51. The molecule has 0 saturated heterocycles. The Bertz CT molecular complexity index is 1870. The first-order valence-electron chi connectivity index (χ1n) is 18.3. The molecule has 1 saturated carbocycles. The van der Waals surface area contributed by atoms with E-state index in [-0.39, 0.29) is 17.9 Å². The van der Waals surface area contributed by atoms with Gasteiger partial charge in [-0.2, -0.15) is 26.3 Å². The van der Waals surface area contributed by atoms with Gasteiger partial charge in [-0.05, 0) is 103 Å². The van der Waals surface area contributed by atoms with Crippen molar-refractivity contribution in [3.63, 3.8) is 0 Å². The van der Waals surface area contributed by atoms with Crippen LogP contribution in [0.4, 0.5) is 26.3 Å². The fourth-order valence-corrected chi connectivity index (χ4v) is 8.01. The summed E-state index contributed by atoms with van der Waals surface area (Å²) in [7, 11) is 0. The summed E-state index contributed by atoms with van der Waals surface area (Å²) in [5.74, 6) is -0.998. The molecule has 0 radical (unpaired) electrons. The number of alkyl halides is 6. The largest absolute Gasteiger partial charge is 0.416 e. The number of hydrogen-bond donors (Lipinski definition) is 4. The predicted octanol–water partition coefficient (Wildman–Crippen LogP) is 8.77. The van der Waals surface area contributed by atoms with Crippen molar-refractivity contribution in [3.05, 3.63) is 119 Å². The average molecular weight is 752 g/mol. The summed E-state index contributed by atoms with van der Waals surface area (Å²) in [6.07, 6.45) is -4.82. The van der Waals surface area contributed by atoms with Crippen molar-refractivity contribution in [2.45, 2.75) is 81.4 Å². The predicted molar refractivity (Wildman–Crippen MR) is 194 cm³/mol. The highest BCUT2D eigenvalue weighted by atomic mass is 19.4. The number of benzene rings is 4. The molecule has 0 heterocycles. The minimum absolute atomic E-state index is 0.0234. The van der Waals surface area contributed by atoms with Crippen molar-refractivity contribution in [2.75, 3.05) is 13.1 Å². The lowest BCUT2D eigenvalue weighted by molar-refractivity contribution is -0.141. The molecule has 6 nitrogen and oxygen atoms in total. The van der Waals surface area contributed by atoms with Crippen molar-refractivity contribution < 1.29 is 41.0 Å². The summed E-state index contributed by atoms with van der Waals surface area (Å²) in [6.45, 7) is -0.896. The van der Waals surface area contributed by atoms with Crippen LogP contribution in [0.1, 0.15) is 78.4 Å². The number of aliphatic hydroxyl groups is 1. The van der Waals surface area contributed by atoms with Crippen LogP contribution in [0.2, 0.25) is 0 Å². The van der Waals surface area contributed by atoms with Gasteiger partial charge in [0.15, 0.2) is 0 Å². The highest BCUT2D eigenvalue weighted by molar-refractivity contribution is 6.01. The second-order valence-electron chi connectivity index (χ2n) is 14.2. The van der Waals surface area contributed by atoms with Crippen LogP contribution in [-0.4, -0.2) is 48.5 Å². The third-order valence-electron chi connectivity index (χ3n) is 10.7. The van der Waals surface area contributed by atoms with Crippen LogP contribution in [0.5, 0.6) is 0 Å². The fourth-order valence-electron chi connectivity index (χ4n) is 8.01. The molecule has 0 bridgehead atoms. The summed E-state index contributed by atoms with van der Waals surface area (Å²) in [5, 5.41) is 19.3. The van der Waals surface area contributed by atoms with Crippen molar-refractivity contribution in [3.8, 4) is 22.3 Å². The van der Waals surface area contributed by atoms with Crippen LogP contribution in [0.15, 0.2) is 97.1 Å². The van der Waals surface area contributed by atoms with Crippen molar-refractivity contribution in [1.82, 2.24) is 16.0 Å². The van der Waals surface area contributed by atoms with Crippen LogP contribution < -0.4 is 16.0 Å². The van der Waals surface area contributed by atoms with E-state index in [0.717, 1.165) is 23.3 Å². The molecule has 12 heteroatoms. The number of carbonyl (C=O) groups is 2. The average Bonchev–Trinajstić information content (AvgIpc) is 3.45. The Labute approximate surface area is 310 Å². The van der Waals surface area contributed by atoms with Gasteiger partial charge >= 0.3 is 12.4 Å². The lowest BCUT2D eigenvalue weighted by atomic mass is 9.73. The van der Waals surface area contributed by atoms with Crippen molar-refractivity contribution >= 4 is 11.8 Å². The SMILES string of the molecule is O=C(NC1CCC(C(O)NCCCCCC2(C(=O)NCC(F)(F)F)c3ccccc3-c3ccccc32)CC1)c1ccccc1-c1ccc(C(F)(F)F)cc1. The van der Waals surface area contributed by atoms with E-state index < -0.39 is 42.0 Å². The molecule has 2 amide bonds. The van der Waals surface area contributed by atoms with Gasteiger partial charge < -0.3 is 15.7 Å². The molecule has 4 aromatic carbocycles. The molecule has 1 atom stereocenters. The molecule has 4 aromatic rings. The van der Waals surface area contributed by atoms with E-state index in [1.165, 1.54) is 12.1 Å². The van der Waals surface area contributed by atoms with Crippen LogP contribution in [-0.2, 0) is 16.4 Å². The maximum absolute atomic E-state index is 13.7. The van der Waals surface area contributed by atoms with Gasteiger partial charge in [-0.1, -0.05) is 91.7 Å². The summed E-state index contributed by atoms with van der Waals surface area (Å²) in [6, 6.07) is 26.1. The van der Waals surface area contributed by atoms with Crippen LogP contribution in [0.25, 0.3) is 22.3 Å². The third kappa shape index (κ3) is 8.65. The second kappa shape index (κ2) is 16.4. The number of nitrogens with one attached hydrogen (secondary N) is 3. The molecule has 0 aromatic heterocycles. The zero-order valence-electron chi connectivity index (χ0n) is 29.6. The smallest absolute Gasteiger partial charge is 0.378 e. The molecule has 2 aliphatic rings. The van der Waals surface area contributed by atoms with E-state index >= 15 is 0 Å². The Kier molecular flexibility index (Phi) is 11.8. The number of rotatable bonds is 13. The molecule has 1 unspecified atom stereocenters. The molecular weight excluding hydrogens is 708 g/mol. The Morgan fingerprint density at radius 1 is 0.722 bits per heavy atom. The molecule has 0 aliphatic heterocycles. The number of unbranched alkanes of at least 4 members (excludes halogenated alkanes) is 2. The Hall–Kier alpha value is -4.68. The van der Waals surface area contributed by atoms with Gasteiger partial charge in [-0.3, -0.25) is 14.9 Å². The zero-order valence-corrected chi connectivity index (χ0v) is 29.6. The number of hydrogen-bond acceptors (Lipinski definition) is 4. The van der Waals surface area contributed by atoms with Crippen LogP contribution in [0.3, 0.4) is 0 Å². The molecule has 286 valence electrons. The van der Waals surface area contributed by atoms with Gasteiger partial charge in [0.1, 0.15) is 18.2 Å². The molecular formula is C42H43F6N3O3. The van der Waals surface area contributed by atoms with E-state index in [4.69, 9.17) is 0 Å². The van der Waals surface area contributed by atoms with Gasteiger partial charge in [-0.25, -0.2) is 0 Å². The summed E-state index contributed by atoms with van der Waals surface area (Å²) in [4.78, 5) is 27.0. The monoisotopic (exact) mass is 751 g/mol. The number of amides is 2. The zero-order chi connectivity index (χ0) is 38.5. The normalized spacial score (nSPS) is 18.4. The third-order valence-corrected chi connectivity index (χ3v) is 10.7. The highest BCUT2D eigenvalue weighted by Gasteiger charge is 2.49. The molecule has 54 heavy (non-hydrogen) atoms. The summed E-state index contributed by atoms with van der Waals surface area (Å²) < 4.78 is 78.7. The van der Waals surface area contributed by atoms with Gasteiger partial charge in [0.2, 0.25) is 5.91 Å². The van der Waals surface area contributed by atoms with E-state index in [1.54, 1.807) is 36.4 Å². The lowest BCUT2D eigenvalue weighted by Crippen LogP contribution is -2.47. The quantitative estimate of drug-likeness (QED) is 0.0625. The van der Waals surface area contributed by atoms with Crippen molar-refractivity contribution in [1.29, 1.82) is 0 Å². The van der Waals surface area contributed by atoms with E-state index in [0.29, 0.717) is 85.7 Å². The van der Waals surface area contributed by atoms with Crippen LogP contribution >= 0.6 is 0 Å². The Morgan fingerprint density at radius 2 is 1.30 bits per heavy atom. The molecule has 4 N–H and O–H groups in total. The minimum atomic E-state index is -4.54. The number of halogens is 6. The van der Waals surface area contributed by atoms with Gasteiger partial charge in [0.05, 0.1) is 5.56 Å². The number of aliphatic hydroxyl groups excluding tert-OH is 1. The first-order chi connectivity index (χ1) is 25.8. The molecule has 0 spiro atoms. The van der Waals surface area contributed by atoms with E-state index in [1.807, 2.05) is 36.4 Å². The topological polar surface area (TPSA) is 90.5 Å². The standard InChI is InChI=1S/C42H43F6N3O3/c43-41(44,45)26-50-39(54)40(35-14-6-4-11-32(35)33-12-5-7-15-36(33)40)24-8-1-9-25-49-37(52)28-18-22-30(23-19-28)51-38(53)34-13-3-2-10-31(34)27-16-20-29(21-17-27)42(46,47)48/h2-7,10-17,20-21,28,30,37,49,52H,1,8-9,18-19,22-26H2,(H,50,54)(H,51,53). The Balaban J connectivity index is 0.978. The maximum atomic E-state index is 13.7. The van der Waals surface area contributed by atoms with Gasteiger partial charge in [0.25, 0.3) is 5.91 Å². The lowest BCUT2D eigenvalue weighted by Gasteiger charge is -2.32. The maximum Gasteiger partial charge on any atom is 0.416 e. The van der Waals surface area contributed by atoms with Crippen LogP contribution in [0, 0.1) is 5.92 Å². The van der Waals surface area contributed by atoms with Gasteiger partial charge in [0, 0.05) is 11.6 Å². The summed E-state index contributed by atoms with van der Waals surface area (Å²) >= 11 is 0. The first kappa shape index (κ1) is 39.0. The van der Waals surface area contributed by atoms with E-state index in [9.17, 15) is 41.0 Å². The summed E-state index contributed by atoms with van der Waals surface area (Å²) in [5.41, 5.74) is 2.50. The first-order valence-corrected chi connectivity index (χ1v) is 18.3. The number of fused-ring (bicyclic) bond motifs is 3. The van der Waals surface area contributed by atoms with Crippen molar-refractivity contribution in [2.24, 2.45) is 5.92 Å². The Morgan fingerprint density at radius 3 is 1.89 bits per heavy atom. The fraction of sp³-hybridized carbons (Fsp3) is 0.381. The van der Waals surface area contributed by atoms with Gasteiger partial charge in [-0.15, -0.1) is 0 Å². The minimum Gasteiger partial charge on any atom is -0.378 e. The molecule has 1 fully saturated rings. The second-order valence-corrected chi connectivity index (χ2v) is 14.2. The number of carbonyl (C=O) groups excluding carboxylic acids is 2.